The van der Waals surface area contributed by atoms with Crippen molar-refractivity contribution in [1.82, 2.24) is 0 Å². The van der Waals surface area contributed by atoms with Crippen molar-refractivity contribution >= 4 is 5.69 Å². The van der Waals surface area contributed by atoms with Gasteiger partial charge in [-0.3, -0.25) is 0 Å². The van der Waals surface area contributed by atoms with Gasteiger partial charge < -0.3 is 19.9 Å². The van der Waals surface area contributed by atoms with Gasteiger partial charge in [0.1, 0.15) is 11.4 Å². The second-order valence-corrected chi connectivity index (χ2v) is 2.57. The van der Waals surface area contributed by atoms with Gasteiger partial charge in [-0.15, -0.1) is 0 Å². The van der Waals surface area contributed by atoms with Crippen molar-refractivity contribution in [1.29, 1.82) is 0 Å². The molecule has 0 unspecified atom stereocenters. The molecule has 0 spiro atoms. The molecule has 14 heavy (non-hydrogen) atoms. The van der Waals surface area contributed by atoms with Gasteiger partial charge in [0, 0.05) is 19.2 Å². The standard InChI is InChI=1S/C9H12FNO3/c1-12-5-14-8-4-6(13-2)3-7(10)9(8)11/h3-4H,5,11H2,1-2H3. The number of nitrogens with two attached hydrogens (primary N) is 1. The molecule has 0 aliphatic carbocycles. The summed E-state index contributed by atoms with van der Waals surface area (Å²) in [6.45, 7) is 0.0107. The van der Waals surface area contributed by atoms with Crippen LogP contribution in [0.25, 0.3) is 0 Å². The molecule has 4 nitrogen and oxygen atoms in total. The van der Waals surface area contributed by atoms with Crippen LogP contribution in [0.15, 0.2) is 12.1 Å². The SMILES string of the molecule is COCOc1cc(OC)cc(F)c1N. The molecular formula is C9H12FNO3. The number of methoxy groups -OCH3 is 2. The van der Waals surface area contributed by atoms with Gasteiger partial charge >= 0.3 is 0 Å². The van der Waals surface area contributed by atoms with E-state index < -0.39 is 5.82 Å². The Balaban J connectivity index is 2.95. The molecule has 0 saturated carbocycles. The van der Waals surface area contributed by atoms with Crippen molar-refractivity contribution in [2.24, 2.45) is 0 Å². The predicted molar refractivity (Wildman–Crippen MR) is 49.9 cm³/mol. The Morgan fingerprint density at radius 1 is 1.36 bits per heavy atom. The van der Waals surface area contributed by atoms with E-state index in [0.717, 1.165) is 0 Å². The van der Waals surface area contributed by atoms with E-state index in [1.165, 1.54) is 26.4 Å². The average Bonchev–Trinajstić information content (AvgIpc) is 2.20. The zero-order chi connectivity index (χ0) is 10.6. The second kappa shape index (κ2) is 4.66. The van der Waals surface area contributed by atoms with Crippen LogP contribution in [0.2, 0.25) is 0 Å². The van der Waals surface area contributed by atoms with Crippen LogP contribution in [0.4, 0.5) is 10.1 Å². The van der Waals surface area contributed by atoms with Gasteiger partial charge in [-0.25, -0.2) is 4.39 Å². The minimum atomic E-state index is -0.574. The van der Waals surface area contributed by atoms with Crippen molar-refractivity contribution in [3.63, 3.8) is 0 Å². The summed E-state index contributed by atoms with van der Waals surface area (Å²) in [4.78, 5) is 0. The number of halogens is 1. The van der Waals surface area contributed by atoms with Crippen LogP contribution in [0.5, 0.6) is 11.5 Å². The first-order chi connectivity index (χ1) is 6.69. The summed E-state index contributed by atoms with van der Waals surface area (Å²) >= 11 is 0. The van der Waals surface area contributed by atoms with E-state index in [0.29, 0.717) is 5.75 Å². The highest BCUT2D eigenvalue weighted by Crippen LogP contribution is 2.29. The van der Waals surface area contributed by atoms with Crippen molar-refractivity contribution in [3.8, 4) is 11.5 Å². The van der Waals surface area contributed by atoms with Crippen molar-refractivity contribution in [2.45, 2.75) is 0 Å². The number of ether oxygens (including phenoxy) is 3. The van der Waals surface area contributed by atoms with Gasteiger partial charge in [0.05, 0.1) is 7.11 Å². The lowest BCUT2D eigenvalue weighted by Gasteiger charge is -2.10. The molecule has 0 aliphatic rings. The molecule has 0 amide bonds. The van der Waals surface area contributed by atoms with Gasteiger partial charge in [0.15, 0.2) is 18.4 Å². The highest BCUT2D eigenvalue weighted by Gasteiger charge is 2.09. The quantitative estimate of drug-likeness (QED) is 0.591. The summed E-state index contributed by atoms with van der Waals surface area (Å²) in [7, 11) is 2.90. The monoisotopic (exact) mass is 201 g/mol. The molecule has 0 heterocycles. The number of benzene rings is 1. The maximum atomic E-state index is 13.1. The maximum absolute atomic E-state index is 13.1. The number of hydrogen-bond acceptors (Lipinski definition) is 4. The molecule has 5 heteroatoms. The third-order valence-corrected chi connectivity index (χ3v) is 1.63. The Morgan fingerprint density at radius 2 is 2.07 bits per heavy atom. The fourth-order valence-electron chi connectivity index (χ4n) is 0.929. The van der Waals surface area contributed by atoms with Gasteiger partial charge in [0.2, 0.25) is 0 Å². The first-order valence-corrected chi connectivity index (χ1v) is 3.93. The largest absolute Gasteiger partial charge is 0.497 e. The van der Waals surface area contributed by atoms with E-state index in [1.54, 1.807) is 0 Å². The smallest absolute Gasteiger partial charge is 0.188 e. The van der Waals surface area contributed by atoms with Crippen molar-refractivity contribution < 1.29 is 18.6 Å². The Labute approximate surface area is 81.4 Å². The molecule has 0 bridgehead atoms. The van der Waals surface area contributed by atoms with Crippen LogP contribution >= 0.6 is 0 Å². The molecule has 0 aliphatic heterocycles. The maximum Gasteiger partial charge on any atom is 0.188 e. The Morgan fingerprint density at radius 3 is 2.64 bits per heavy atom. The molecule has 1 aromatic carbocycles. The Hall–Kier alpha value is -1.49. The molecule has 0 aromatic heterocycles. The number of anilines is 1. The van der Waals surface area contributed by atoms with E-state index in [4.69, 9.17) is 15.2 Å². The summed E-state index contributed by atoms with van der Waals surface area (Å²) in [6, 6.07) is 2.69. The second-order valence-electron chi connectivity index (χ2n) is 2.57. The van der Waals surface area contributed by atoms with Crippen molar-refractivity contribution in [2.75, 3.05) is 26.7 Å². The molecule has 78 valence electrons. The Kier molecular flexibility index (Phi) is 3.53. The minimum absolute atomic E-state index is 0.0107. The molecule has 0 radical (unpaired) electrons. The van der Waals surface area contributed by atoms with E-state index in [1.807, 2.05) is 0 Å². The lowest BCUT2D eigenvalue weighted by molar-refractivity contribution is 0.0513. The summed E-state index contributed by atoms with van der Waals surface area (Å²) in [5, 5.41) is 0. The molecule has 0 fully saturated rings. The van der Waals surface area contributed by atoms with E-state index in [2.05, 4.69) is 4.74 Å². The van der Waals surface area contributed by atoms with Gasteiger partial charge in [-0.2, -0.15) is 0 Å². The van der Waals surface area contributed by atoms with E-state index in [9.17, 15) is 4.39 Å². The molecule has 0 saturated heterocycles. The zero-order valence-corrected chi connectivity index (χ0v) is 8.04. The number of rotatable bonds is 4. The summed E-state index contributed by atoms with van der Waals surface area (Å²) < 4.78 is 27.7. The van der Waals surface area contributed by atoms with Crippen molar-refractivity contribution in [3.05, 3.63) is 17.9 Å². The first-order valence-electron chi connectivity index (χ1n) is 3.93. The van der Waals surface area contributed by atoms with Crippen LogP contribution in [0.3, 0.4) is 0 Å². The fraction of sp³-hybridized carbons (Fsp3) is 0.333. The summed E-state index contributed by atoms with van der Waals surface area (Å²) in [5.41, 5.74) is 5.38. The van der Waals surface area contributed by atoms with Gasteiger partial charge in [-0.05, 0) is 0 Å². The summed E-state index contributed by atoms with van der Waals surface area (Å²) in [5.74, 6) is -0.0121. The highest BCUT2D eigenvalue weighted by atomic mass is 19.1. The van der Waals surface area contributed by atoms with E-state index in [-0.39, 0.29) is 18.2 Å². The van der Waals surface area contributed by atoms with Crippen LogP contribution in [-0.4, -0.2) is 21.0 Å². The topological polar surface area (TPSA) is 53.7 Å². The van der Waals surface area contributed by atoms with Crippen LogP contribution in [0.1, 0.15) is 0 Å². The average molecular weight is 201 g/mol. The molecule has 1 rings (SSSR count). The van der Waals surface area contributed by atoms with E-state index >= 15 is 0 Å². The van der Waals surface area contributed by atoms with Gasteiger partial charge in [-0.1, -0.05) is 0 Å². The molecule has 2 N–H and O–H groups in total. The Bertz CT molecular complexity index is 317. The third-order valence-electron chi connectivity index (χ3n) is 1.63. The van der Waals surface area contributed by atoms with Crippen LogP contribution in [-0.2, 0) is 4.74 Å². The summed E-state index contributed by atoms with van der Waals surface area (Å²) in [6.07, 6.45) is 0. The van der Waals surface area contributed by atoms with Crippen LogP contribution < -0.4 is 15.2 Å². The molecule has 1 aromatic rings. The predicted octanol–water partition coefficient (Wildman–Crippen LogP) is 1.40. The molecular weight excluding hydrogens is 189 g/mol. The lowest BCUT2D eigenvalue weighted by Crippen LogP contribution is -2.03. The first kappa shape index (κ1) is 10.6. The normalized spacial score (nSPS) is 9.93. The van der Waals surface area contributed by atoms with Crippen LogP contribution in [0, 0.1) is 5.82 Å². The lowest BCUT2D eigenvalue weighted by atomic mass is 10.2. The minimum Gasteiger partial charge on any atom is -0.497 e. The zero-order valence-electron chi connectivity index (χ0n) is 8.04. The molecule has 0 atom stereocenters. The fourth-order valence-corrected chi connectivity index (χ4v) is 0.929. The van der Waals surface area contributed by atoms with Gasteiger partial charge in [0.25, 0.3) is 0 Å². The number of nitrogen functional groups attached to an aromatic ring is 1. The highest BCUT2D eigenvalue weighted by molar-refractivity contribution is 5.56. The number of hydrogen-bond donors (Lipinski definition) is 1. The third kappa shape index (κ3) is 2.26.